The smallest absolute Gasteiger partial charge is 0.268 e. The Hall–Kier alpha value is -1.02. The number of phosphoric acid groups is 1. The number of hydrogen-bond donors (Lipinski definition) is 2. The zero-order valence-corrected chi connectivity index (χ0v) is 31.4. The summed E-state index contributed by atoms with van der Waals surface area (Å²) in [7, 11) is 1.24. The van der Waals surface area contributed by atoms with Crippen molar-refractivity contribution in [3.63, 3.8) is 0 Å². The van der Waals surface area contributed by atoms with Crippen LogP contribution in [0.15, 0.2) is 24.3 Å². The molecule has 8 nitrogen and oxygen atoms in total. The molecule has 3 unspecified atom stereocenters. The van der Waals surface area contributed by atoms with Crippen LogP contribution >= 0.6 is 7.82 Å². The van der Waals surface area contributed by atoms with Gasteiger partial charge in [-0.25, -0.2) is 0 Å². The summed E-state index contributed by atoms with van der Waals surface area (Å²) in [6.45, 7) is 4.36. The predicted molar refractivity (Wildman–Crippen MR) is 192 cm³/mol. The van der Waals surface area contributed by atoms with E-state index in [1.165, 1.54) is 103 Å². The number of aliphatic hydroxyl groups is 1. The Morgan fingerprint density at radius 3 is 1.74 bits per heavy atom. The molecule has 0 aromatic heterocycles. The summed E-state index contributed by atoms with van der Waals surface area (Å²) in [5, 5.41) is 13.4. The van der Waals surface area contributed by atoms with Crippen molar-refractivity contribution < 1.29 is 32.9 Å². The minimum atomic E-state index is -4.56. The quantitative estimate of drug-likeness (QED) is 0.0312. The molecule has 0 aliphatic carbocycles. The molecule has 0 saturated carbocycles. The number of phosphoric ester groups is 1. The summed E-state index contributed by atoms with van der Waals surface area (Å²) >= 11 is 0. The zero-order valence-electron chi connectivity index (χ0n) is 30.5. The Morgan fingerprint density at radius 2 is 1.22 bits per heavy atom. The molecule has 0 spiro atoms. The van der Waals surface area contributed by atoms with Crippen molar-refractivity contribution in [3.05, 3.63) is 24.3 Å². The summed E-state index contributed by atoms with van der Waals surface area (Å²) < 4.78 is 22.8. The highest BCUT2D eigenvalue weighted by atomic mass is 31.2. The van der Waals surface area contributed by atoms with Crippen molar-refractivity contribution in [2.45, 2.75) is 167 Å². The van der Waals surface area contributed by atoms with Crippen LogP contribution in [0.2, 0.25) is 0 Å². The lowest BCUT2D eigenvalue weighted by molar-refractivity contribution is -0.870. The summed E-state index contributed by atoms with van der Waals surface area (Å²) in [5.74, 6) is -0.244. The second-order valence-corrected chi connectivity index (χ2v) is 15.3. The van der Waals surface area contributed by atoms with Gasteiger partial charge in [0.2, 0.25) is 5.91 Å². The molecule has 0 aromatic carbocycles. The number of carbonyl (C=O) groups excluding carboxylic acids is 1. The van der Waals surface area contributed by atoms with Gasteiger partial charge in [-0.2, -0.15) is 0 Å². The number of unbranched alkanes of at least 4 members (excludes halogenated alkanes) is 18. The van der Waals surface area contributed by atoms with E-state index in [1.807, 2.05) is 34.1 Å². The third-order valence-corrected chi connectivity index (χ3v) is 9.13. The van der Waals surface area contributed by atoms with Crippen molar-refractivity contribution in [1.82, 2.24) is 5.32 Å². The van der Waals surface area contributed by atoms with Crippen LogP contribution in [0, 0.1) is 0 Å². The first-order valence-electron chi connectivity index (χ1n) is 18.7. The molecular weight excluding hydrogens is 599 g/mol. The van der Waals surface area contributed by atoms with Gasteiger partial charge < -0.3 is 28.8 Å². The van der Waals surface area contributed by atoms with Gasteiger partial charge in [0.1, 0.15) is 13.2 Å². The van der Waals surface area contributed by atoms with Gasteiger partial charge in [0.15, 0.2) is 0 Å². The molecule has 2 N–H and O–H groups in total. The van der Waals surface area contributed by atoms with Gasteiger partial charge >= 0.3 is 0 Å². The minimum absolute atomic E-state index is 0.00669. The van der Waals surface area contributed by atoms with Crippen molar-refractivity contribution in [2.24, 2.45) is 0 Å². The van der Waals surface area contributed by atoms with Crippen molar-refractivity contribution in [1.29, 1.82) is 0 Å². The molecule has 1 amide bonds. The first kappa shape index (κ1) is 45.0. The summed E-state index contributed by atoms with van der Waals surface area (Å²) in [4.78, 5) is 24.5. The summed E-state index contributed by atoms with van der Waals surface area (Å²) in [6, 6.07) is -0.893. The Kier molecular flexibility index (Phi) is 29.4. The number of likely N-dealkylation sites (N-methyl/N-ethyl adjacent to an activating group) is 1. The maximum absolute atomic E-state index is 12.3. The third-order valence-electron chi connectivity index (χ3n) is 8.16. The molecule has 0 saturated heterocycles. The zero-order chi connectivity index (χ0) is 34.4. The van der Waals surface area contributed by atoms with Crippen LogP contribution in [0.1, 0.15) is 155 Å². The third kappa shape index (κ3) is 31.6. The second kappa shape index (κ2) is 30.1. The average Bonchev–Trinajstić information content (AvgIpc) is 2.99. The lowest BCUT2D eigenvalue weighted by Crippen LogP contribution is -2.45. The molecule has 0 rings (SSSR count). The number of nitrogens with zero attached hydrogens (tertiary/aromatic N) is 1. The van der Waals surface area contributed by atoms with E-state index < -0.39 is 26.6 Å². The number of amides is 1. The van der Waals surface area contributed by atoms with E-state index in [1.54, 1.807) is 6.08 Å². The molecule has 0 aromatic rings. The van der Waals surface area contributed by atoms with Crippen LogP contribution in [0.4, 0.5) is 0 Å². The number of hydrogen-bond acceptors (Lipinski definition) is 6. The molecule has 9 heteroatoms. The van der Waals surface area contributed by atoms with Crippen molar-refractivity contribution >= 4 is 13.7 Å². The predicted octanol–water partition coefficient (Wildman–Crippen LogP) is 8.77. The molecule has 3 atom stereocenters. The highest BCUT2D eigenvalue weighted by Gasteiger charge is 2.23. The number of rotatable bonds is 33. The fourth-order valence-corrected chi connectivity index (χ4v) is 5.81. The molecule has 0 fully saturated rings. The van der Waals surface area contributed by atoms with E-state index in [4.69, 9.17) is 9.05 Å². The highest BCUT2D eigenvalue weighted by molar-refractivity contribution is 7.45. The SMILES string of the molecule is CCCCCCCCCCCCCCCCCC/C=C/CC/C=C/C(O)C(COP(=O)([O-])OCC[N+](C)(C)C)NC(=O)CCCC. The number of carbonyl (C=O) groups is 1. The number of aliphatic hydroxyl groups excluding tert-OH is 1. The Morgan fingerprint density at radius 1 is 0.739 bits per heavy atom. The van der Waals surface area contributed by atoms with E-state index >= 15 is 0 Å². The second-order valence-electron chi connectivity index (χ2n) is 13.9. The molecule has 272 valence electrons. The maximum Gasteiger partial charge on any atom is 0.268 e. The highest BCUT2D eigenvalue weighted by Crippen LogP contribution is 2.38. The topological polar surface area (TPSA) is 108 Å². The molecule has 0 radical (unpaired) electrons. The van der Waals surface area contributed by atoms with Crippen LogP contribution in [0.3, 0.4) is 0 Å². The van der Waals surface area contributed by atoms with Crippen LogP contribution in [-0.4, -0.2) is 68.5 Å². The van der Waals surface area contributed by atoms with Crippen LogP contribution in [0.5, 0.6) is 0 Å². The minimum Gasteiger partial charge on any atom is -0.756 e. The number of nitrogens with one attached hydrogen (secondary N) is 1. The van der Waals surface area contributed by atoms with Crippen LogP contribution in [-0.2, 0) is 18.4 Å². The van der Waals surface area contributed by atoms with E-state index in [0.29, 0.717) is 23.9 Å². The van der Waals surface area contributed by atoms with E-state index in [0.717, 1.165) is 25.7 Å². The van der Waals surface area contributed by atoms with Gasteiger partial charge in [0.05, 0.1) is 39.9 Å². The van der Waals surface area contributed by atoms with Crippen molar-refractivity contribution in [3.8, 4) is 0 Å². The fourth-order valence-electron chi connectivity index (χ4n) is 5.09. The summed E-state index contributed by atoms with van der Waals surface area (Å²) in [6.07, 6.45) is 33.5. The lowest BCUT2D eigenvalue weighted by atomic mass is 10.0. The van der Waals surface area contributed by atoms with Gasteiger partial charge in [0.25, 0.3) is 7.82 Å². The molecular formula is C37H73N2O6P. The fraction of sp³-hybridized carbons (Fsp3) is 0.865. The first-order chi connectivity index (χ1) is 22.0. The molecule has 0 heterocycles. The number of allylic oxidation sites excluding steroid dienone is 3. The average molecular weight is 673 g/mol. The Bertz CT molecular complexity index is 814. The normalized spacial score (nSPS) is 15.0. The van der Waals surface area contributed by atoms with Crippen LogP contribution in [0.25, 0.3) is 0 Å². The van der Waals surface area contributed by atoms with E-state index in [9.17, 15) is 19.4 Å². The van der Waals surface area contributed by atoms with E-state index in [2.05, 4.69) is 24.4 Å². The van der Waals surface area contributed by atoms with Crippen molar-refractivity contribution in [2.75, 3.05) is 40.9 Å². The largest absolute Gasteiger partial charge is 0.756 e. The van der Waals surface area contributed by atoms with Gasteiger partial charge in [0, 0.05) is 6.42 Å². The molecule has 0 aliphatic rings. The molecule has 46 heavy (non-hydrogen) atoms. The first-order valence-corrected chi connectivity index (χ1v) is 20.2. The Balaban J connectivity index is 4.11. The molecule has 0 aliphatic heterocycles. The van der Waals surface area contributed by atoms with Gasteiger partial charge in [-0.3, -0.25) is 9.36 Å². The molecule has 0 bridgehead atoms. The lowest BCUT2D eigenvalue weighted by Gasteiger charge is -2.29. The number of quaternary nitrogens is 1. The van der Waals surface area contributed by atoms with E-state index in [-0.39, 0.29) is 12.5 Å². The maximum atomic E-state index is 12.3. The van der Waals surface area contributed by atoms with Gasteiger partial charge in [-0.15, -0.1) is 0 Å². The monoisotopic (exact) mass is 673 g/mol. The Labute approximate surface area is 284 Å². The van der Waals surface area contributed by atoms with Crippen LogP contribution < -0.4 is 10.2 Å². The standard InChI is InChI=1S/C37H73N2O6P/c1-6-8-10-11-12-13-14-15-16-17-18-19-20-21-22-23-24-25-26-27-28-29-30-36(40)35(38-37(41)31-9-7-2)34-45-46(42,43)44-33-32-39(3,4)5/h25-26,29-30,35-36,40H,6-24,27-28,31-34H2,1-5H3,(H-,38,41,42,43)/b26-25+,30-29+. The summed E-state index contributed by atoms with van der Waals surface area (Å²) in [5.41, 5.74) is 0. The van der Waals surface area contributed by atoms with Gasteiger partial charge in [-0.1, -0.05) is 141 Å². The van der Waals surface area contributed by atoms with Gasteiger partial charge in [-0.05, 0) is 32.1 Å².